The Morgan fingerprint density at radius 3 is 2.93 bits per heavy atom. The summed E-state index contributed by atoms with van der Waals surface area (Å²) in [5.41, 5.74) is 3.41. The molecule has 1 amide bonds. The van der Waals surface area contributed by atoms with Crippen LogP contribution in [0.25, 0.3) is 33.1 Å². The number of hydrogen-bond acceptors (Lipinski definition) is 3. The molecule has 29 heavy (non-hydrogen) atoms. The Labute approximate surface area is 167 Å². The first-order chi connectivity index (χ1) is 14.1. The standard InChI is InChI=1S/C22H22FN5O/c1-24-10-14-11-25-21(27-22(29)13-3-4-13)19-16(14)9-17(26-19)15-6-5-12-7-8-28(2)20(12)18(15)23/h5-9,11,13,24,26H,3-4,10H2,1-2H3,(H,25,27,29). The fraction of sp³-hybridized carbons (Fsp3) is 0.273. The molecular weight excluding hydrogens is 369 g/mol. The first-order valence-electron chi connectivity index (χ1n) is 9.76. The molecule has 5 rings (SSSR count). The van der Waals surface area contributed by atoms with Crippen molar-refractivity contribution >= 4 is 33.5 Å². The normalized spacial score (nSPS) is 14.0. The molecule has 0 saturated heterocycles. The average molecular weight is 391 g/mol. The third kappa shape index (κ3) is 2.98. The van der Waals surface area contributed by atoms with Gasteiger partial charge in [-0.05, 0) is 43.7 Å². The molecule has 3 aromatic heterocycles. The SMILES string of the molecule is CNCc1cnc(NC(=O)C2CC2)c2[nH]c(-c3ccc4ccn(C)c4c3F)cc12. The molecule has 1 fully saturated rings. The largest absolute Gasteiger partial charge is 0.351 e. The van der Waals surface area contributed by atoms with E-state index in [-0.39, 0.29) is 17.6 Å². The Balaban J connectivity index is 1.66. The van der Waals surface area contributed by atoms with Crippen LogP contribution in [0.5, 0.6) is 0 Å². The van der Waals surface area contributed by atoms with Gasteiger partial charge in [-0.3, -0.25) is 4.79 Å². The zero-order chi connectivity index (χ0) is 20.1. The Bertz CT molecular complexity index is 1250. The Morgan fingerprint density at radius 1 is 1.34 bits per heavy atom. The van der Waals surface area contributed by atoms with Crippen molar-refractivity contribution in [2.45, 2.75) is 19.4 Å². The van der Waals surface area contributed by atoms with E-state index in [0.29, 0.717) is 34.7 Å². The molecule has 3 heterocycles. The van der Waals surface area contributed by atoms with E-state index >= 15 is 4.39 Å². The van der Waals surface area contributed by atoms with Crippen LogP contribution in [-0.2, 0) is 18.4 Å². The number of anilines is 1. The lowest BCUT2D eigenvalue weighted by atomic mass is 10.1. The third-order valence-corrected chi connectivity index (χ3v) is 5.57. The number of halogens is 1. The molecule has 0 atom stereocenters. The van der Waals surface area contributed by atoms with Crippen LogP contribution in [0.3, 0.4) is 0 Å². The van der Waals surface area contributed by atoms with E-state index in [1.807, 2.05) is 38.5 Å². The van der Waals surface area contributed by atoms with Crippen LogP contribution < -0.4 is 10.6 Å². The summed E-state index contributed by atoms with van der Waals surface area (Å²) >= 11 is 0. The number of carbonyl (C=O) groups excluding carboxylic acids is 1. The zero-order valence-corrected chi connectivity index (χ0v) is 16.3. The van der Waals surface area contributed by atoms with Crippen molar-refractivity contribution in [3.63, 3.8) is 0 Å². The Hall–Kier alpha value is -3.19. The van der Waals surface area contributed by atoms with Crippen LogP contribution in [0.1, 0.15) is 18.4 Å². The molecule has 1 saturated carbocycles. The summed E-state index contributed by atoms with van der Waals surface area (Å²) in [6, 6.07) is 7.54. The van der Waals surface area contributed by atoms with Crippen molar-refractivity contribution in [2.24, 2.45) is 13.0 Å². The number of aryl methyl sites for hydroxylation is 1. The summed E-state index contributed by atoms with van der Waals surface area (Å²) in [7, 11) is 3.70. The first kappa shape index (κ1) is 17.9. The van der Waals surface area contributed by atoms with E-state index in [2.05, 4.69) is 20.6 Å². The topological polar surface area (TPSA) is 74.7 Å². The number of carbonyl (C=O) groups is 1. The summed E-state index contributed by atoms with van der Waals surface area (Å²) in [6.45, 7) is 0.622. The number of rotatable bonds is 5. The van der Waals surface area contributed by atoms with Crippen LogP contribution in [0.2, 0.25) is 0 Å². The van der Waals surface area contributed by atoms with Gasteiger partial charge in [0, 0.05) is 53.9 Å². The van der Waals surface area contributed by atoms with Crippen LogP contribution >= 0.6 is 0 Å². The summed E-state index contributed by atoms with van der Waals surface area (Å²) in [5, 5.41) is 7.84. The number of hydrogen-bond donors (Lipinski definition) is 3. The molecular formula is C22H22FN5O. The van der Waals surface area contributed by atoms with Gasteiger partial charge in [-0.15, -0.1) is 0 Å². The van der Waals surface area contributed by atoms with Gasteiger partial charge in [0.2, 0.25) is 5.91 Å². The van der Waals surface area contributed by atoms with Crippen LogP contribution in [-0.4, -0.2) is 27.5 Å². The summed E-state index contributed by atoms with van der Waals surface area (Å²) < 4.78 is 17.1. The van der Waals surface area contributed by atoms with Gasteiger partial charge in [0.25, 0.3) is 0 Å². The molecule has 7 heteroatoms. The predicted octanol–water partition coefficient (Wildman–Crippen LogP) is 3.93. The van der Waals surface area contributed by atoms with Gasteiger partial charge in [-0.25, -0.2) is 9.37 Å². The lowest BCUT2D eigenvalue weighted by Gasteiger charge is -2.08. The van der Waals surface area contributed by atoms with Crippen molar-refractivity contribution in [3.05, 3.63) is 48.0 Å². The fourth-order valence-electron chi connectivity index (χ4n) is 3.85. The number of aromatic nitrogens is 3. The highest BCUT2D eigenvalue weighted by molar-refractivity contribution is 6.03. The Kier molecular flexibility index (Phi) is 4.13. The van der Waals surface area contributed by atoms with Gasteiger partial charge in [0.15, 0.2) is 11.6 Å². The van der Waals surface area contributed by atoms with E-state index < -0.39 is 0 Å². The van der Waals surface area contributed by atoms with E-state index in [9.17, 15) is 4.79 Å². The van der Waals surface area contributed by atoms with E-state index in [1.54, 1.807) is 16.8 Å². The fourth-order valence-corrected chi connectivity index (χ4v) is 3.85. The monoisotopic (exact) mass is 391 g/mol. The molecule has 0 unspecified atom stereocenters. The number of H-pyrrole nitrogens is 1. The predicted molar refractivity (Wildman–Crippen MR) is 112 cm³/mol. The van der Waals surface area contributed by atoms with Gasteiger partial charge >= 0.3 is 0 Å². The molecule has 1 aromatic carbocycles. The van der Waals surface area contributed by atoms with E-state index in [0.717, 1.165) is 29.2 Å². The van der Waals surface area contributed by atoms with Gasteiger partial charge in [0.05, 0.1) is 11.0 Å². The molecule has 0 spiro atoms. The Morgan fingerprint density at radius 2 is 2.17 bits per heavy atom. The maximum absolute atomic E-state index is 15.3. The van der Waals surface area contributed by atoms with Gasteiger partial charge in [-0.2, -0.15) is 0 Å². The second kappa shape index (κ2) is 6.70. The summed E-state index contributed by atoms with van der Waals surface area (Å²) in [5.74, 6) is 0.291. The van der Waals surface area contributed by atoms with Gasteiger partial charge < -0.3 is 20.2 Å². The van der Waals surface area contributed by atoms with Gasteiger partial charge in [0.1, 0.15) is 0 Å². The van der Waals surface area contributed by atoms with Crippen molar-refractivity contribution in [1.82, 2.24) is 19.9 Å². The number of nitrogens with zero attached hydrogens (tertiary/aromatic N) is 2. The maximum Gasteiger partial charge on any atom is 0.228 e. The highest BCUT2D eigenvalue weighted by Crippen LogP contribution is 2.35. The summed E-state index contributed by atoms with van der Waals surface area (Å²) in [6.07, 6.45) is 5.45. The number of fused-ring (bicyclic) bond motifs is 2. The highest BCUT2D eigenvalue weighted by Gasteiger charge is 2.30. The maximum atomic E-state index is 15.3. The minimum Gasteiger partial charge on any atom is -0.351 e. The number of benzene rings is 1. The molecule has 148 valence electrons. The van der Waals surface area contributed by atoms with Crippen LogP contribution in [0.15, 0.2) is 36.7 Å². The van der Waals surface area contributed by atoms with Crippen LogP contribution in [0.4, 0.5) is 10.2 Å². The number of aromatic amines is 1. The lowest BCUT2D eigenvalue weighted by molar-refractivity contribution is -0.117. The van der Waals surface area contributed by atoms with Gasteiger partial charge in [-0.1, -0.05) is 6.07 Å². The third-order valence-electron chi connectivity index (χ3n) is 5.57. The number of nitrogens with one attached hydrogen (secondary N) is 3. The lowest BCUT2D eigenvalue weighted by Crippen LogP contribution is -2.15. The molecule has 1 aliphatic carbocycles. The molecule has 0 radical (unpaired) electrons. The van der Waals surface area contributed by atoms with Crippen LogP contribution in [0, 0.1) is 11.7 Å². The van der Waals surface area contributed by atoms with Crippen molar-refractivity contribution in [1.29, 1.82) is 0 Å². The first-order valence-corrected chi connectivity index (χ1v) is 9.76. The minimum absolute atomic E-state index is 0.00673. The van der Waals surface area contributed by atoms with Crippen molar-refractivity contribution in [2.75, 3.05) is 12.4 Å². The second-order valence-corrected chi connectivity index (χ2v) is 7.69. The molecule has 4 aromatic rings. The zero-order valence-electron chi connectivity index (χ0n) is 16.3. The van der Waals surface area contributed by atoms with E-state index in [1.165, 1.54) is 0 Å². The minimum atomic E-state index is -0.270. The van der Waals surface area contributed by atoms with Crippen molar-refractivity contribution < 1.29 is 9.18 Å². The quantitative estimate of drug-likeness (QED) is 0.483. The number of amides is 1. The molecule has 0 aliphatic heterocycles. The number of pyridine rings is 1. The molecule has 0 bridgehead atoms. The molecule has 1 aliphatic rings. The molecule has 3 N–H and O–H groups in total. The molecule has 6 nitrogen and oxygen atoms in total. The highest BCUT2D eigenvalue weighted by atomic mass is 19.1. The van der Waals surface area contributed by atoms with Crippen molar-refractivity contribution in [3.8, 4) is 11.3 Å². The smallest absolute Gasteiger partial charge is 0.228 e. The second-order valence-electron chi connectivity index (χ2n) is 7.69. The average Bonchev–Trinajstić information content (AvgIpc) is 3.35. The summed E-state index contributed by atoms with van der Waals surface area (Å²) in [4.78, 5) is 20.0. The van der Waals surface area contributed by atoms with E-state index in [4.69, 9.17) is 0 Å².